The molecule has 146 valence electrons. The fourth-order valence-corrected chi connectivity index (χ4v) is 3.03. The van der Waals surface area contributed by atoms with Crippen LogP contribution in [0.15, 0.2) is 33.5 Å². The van der Waals surface area contributed by atoms with Gasteiger partial charge in [0.2, 0.25) is 5.91 Å². The van der Waals surface area contributed by atoms with Crippen LogP contribution >= 0.6 is 11.6 Å². The molecular weight excluding hydrogens is 400 g/mol. The van der Waals surface area contributed by atoms with Crippen molar-refractivity contribution >= 4 is 34.2 Å². The van der Waals surface area contributed by atoms with Gasteiger partial charge in [0.25, 0.3) is 5.56 Å². The summed E-state index contributed by atoms with van der Waals surface area (Å²) in [7, 11) is 1.42. The maximum atomic E-state index is 13.1. The van der Waals surface area contributed by atoms with E-state index < -0.39 is 24.3 Å². The second kappa shape index (κ2) is 6.20. The highest BCUT2D eigenvalue weighted by Gasteiger charge is 2.43. The van der Waals surface area contributed by atoms with Crippen molar-refractivity contribution in [3.8, 4) is 11.5 Å². The van der Waals surface area contributed by atoms with Crippen molar-refractivity contribution in [2.24, 2.45) is 0 Å². The molecule has 1 aliphatic rings. The Labute approximate surface area is 160 Å². The Hall–Kier alpha value is -3.14. The molecule has 0 unspecified atom stereocenters. The molecule has 0 bridgehead atoms. The summed E-state index contributed by atoms with van der Waals surface area (Å²) in [4.78, 5) is 26.3. The van der Waals surface area contributed by atoms with Crippen molar-refractivity contribution < 1.29 is 27.5 Å². The highest BCUT2D eigenvalue weighted by molar-refractivity contribution is 6.33. The third-order valence-corrected chi connectivity index (χ3v) is 4.39. The van der Waals surface area contributed by atoms with Gasteiger partial charge in [0.1, 0.15) is 12.3 Å². The number of carbonyl (C=O) groups is 1. The number of aryl methyl sites for hydroxylation is 1. The number of nitrogens with zero attached hydrogens (tertiary/aromatic N) is 3. The summed E-state index contributed by atoms with van der Waals surface area (Å²) in [5, 5.41) is 4.05. The quantitative estimate of drug-likeness (QED) is 0.658. The van der Waals surface area contributed by atoms with Crippen LogP contribution in [0.4, 0.5) is 14.5 Å². The molecule has 0 spiro atoms. The minimum absolute atomic E-state index is 0.0523. The molecule has 1 aliphatic heterocycles. The van der Waals surface area contributed by atoms with Crippen LogP contribution in [0, 0.1) is 6.92 Å². The number of furan rings is 1. The number of halogens is 3. The summed E-state index contributed by atoms with van der Waals surface area (Å²) in [5.41, 5.74) is -0.120. The molecule has 28 heavy (non-hydrogen) atoms. The van der Waals surface area contributed by atoms with Crippen molar-refractivity contribution in [3.63, 3.8) is 0 Å². The first-order chi connectivity index (χ1) is 13.1. The second-order valence-electron chi connectivity index (χ2n) is 6.10. The van der Waals surface area contributed by atoms with Crippen LogP contribution in [0.25, 0.3) is 11.0 Å². The van der Waals surface area contributed by atoms with Crippen LogP contribution in [0.2, 0.25) is 5.15 Å². The van der Waals surface area contributed by atoms with E-state index >= 15 is 0 Å². The van der Waals surface area contributed by atoms with E-state index in [1.165, 1.54) is 36.2 Å². The first-order valence-electron chi connectivity index (χ1n) is 7.98. The van der Waals surface area contributed by atoms with Crippen molar-refractivity contribution in [1.29, 1.82) is 0 Å². The lowest BCUT2D eigenvalue weighted by Crippen LogP contribution is -2.35. The average Bonchev–Trinajstić information content (AvgIpc) is 3.16. The third kappa shape index (κ3) is 3.05. The zero-order valence-corrected chi connectivity index (χ0v) is 15.3. The van der Waals surface area contributed by atoms with Crippen LogP contribution in [0.1, 0.15) is 5.76 Å². The second-order valence-corrected chi connectivity index (χ2v) is 6.46. The predicted molar refractivity (Wildman–Crippen MR) is 94.1 cm³/mol. The fourth-order valence-electron chi connectivity index (χ4n) is 2.79. The molecule has 2 aromatic heterocycles. The Balaban J connectivity index is 1.60. The number of aromatic nitrogens is 2. The highest BCUT2D eigenvalue weighted by atomic mass is 35.5. The van der Waals surface area contributed by atoms with E-state index in [4.69, 9.17) is 16.0 Å². The number of fused-ring (bicyclic) bond motifs is 2. The van der Waals surface area contributed by atoms with Gasteiger partial charge in [0, 0.05) is 18.8 Å². The first-order valence-corrected chi connectivity index (χ1v) is 8.35. The van der Waals surface area contributed by atoms with Crippen molar-refractivity contribution in [3.05, 3.63) is 45.5 Å². The summed E-state index contributed by atoms with van der Waals surface area (Å²) in [6, 6.07) is 5.41. The van der Waals surface area contributed by atoms with E-state index in [-0.39, 0.29) is 33.3 Å². The van der Waals surface area contributed by atoms with Gasteiger partial charge in [-0.2, -0.15) is 5.10 Å². The van der Waals surface area contributed by atoms with Crippen LogP contribution in [0.5, 0.6) is 11.5 Å². The van der Waals surface area contributed by atoms with Gasteiger partial charge in [-0.3, -0.25) is 9.59 Å². The molecule has 1 aromatic carbocycles. The van der Waals surface area contributed by atoms with Gasteiger partial charge in [-0.05, 0) is 25.1 Å². The molecule has 0 fully saturated rings. The molecule has 0 aliphatic carbocycles. The maximum Gasteiger partial charge on any atom is 0.586 e. The molecule has 4 rings (SSSR count). The number of rotatable bonds is 3. The number of ether oxygens (including phenoxy) is 2. The van der Waals surface area contributed by atoms with Gasteiger partial charge < -0.3 is 18.8 Å². The molecule has 0 N–H and O–H groups in total. The van der Waals surface area contributed by atoms with Gasteiger partial charge in [0.05, 0.1) is 5.39 Å². The average molecular weight is 412 g/mol. The topological polar surface area (TPSA) is 86.8 Å². The molecule has 0 radical (unpaired) electrons. The Bertz CT molecular complexity index is 1170. The Morgan fingerprint density at radius 3 is 2.75 bits per heavy atom. The van der Waals surface area contributed by atoms with Crippen LogP contribution in [0.3, 0.4) is 0 Å². The summed E-state index contributed by atoms with van der Waals surface area (Å²) in [5.74, 6) is -0.388. The van der Waals surface area contributed by atoms with Gasteiger partial charge in [-0.25, -0.2) is 4.68 Å². The minimum atomic E-state index is -3.75. The number of benzene rings is 1. The molecule has 1 amide bonds. The van der Waals surface area contributed by atoms with Crippen LogP contribution in [-0.4, -0.2) is 29.0 Å². The van der Waals surface area contributed by atoms with E-state index in [2.05, 4.69) is 14.6 Å². The molecule has 8 nitrogen and oxygen atoms in total. The molecule has 0 saturated heterocycles. The molecule has 11 heteroatoms. The van der Waals surface area contributed by atoms with Gasteiger partial charge in [-0.1, -0.05) is 11.6 Å². The molecule has 0 atom stereocenters. The number of amides is 1. The summed E-state index contributed by atoms with van der Waals surface area (Å²) in [6.07, 6.45) is -3.75. The van der Waals surface area contributed by atoms with E-state index in [0.717, 1.165) is 4.68 Å². The van der Waals surface area contributed by atoms with Crippen LogP contribution < -0.4 is 19.9 Å². The molecule has 0 saturated carbocycles. The van der Waals surface area contributed by atoms with Gasteiger partial charge in [-0.15, -0.1) is 8.78 Å². The SMILES string of the molecule is Cc1cc2c(=O)n(CC(=O)N(C)c3ccc4c(c3)OC(F)(F)O4)nc(Cl)c2o1. The third-order valence-electron chi connectivity index (χ3n) is 4.15. The zero-order chi connectivity index (χ0) is 20.2. The lowest BCUT2D eigenvalue weighted by atomic mass is 10.2. The molecule has 3 aromatic rings. The minimum Gasteiger partial charge on any atom is -0.458 e. The lowest BCUT2D eigenvalue weighted by molar-refractivity contribution is -0.286. The van der Waals surface area contributed by atoms with Crippen molar-refractivity contribution in [2.45, 2.75) is 19.8 Å². The number of alkyl halides is 2. The van der Waals surface area contributed by atoms with E-state index in [1.54, 1.807) is 6.92 Å². The first kappa shape index (κ1) is 18.2. The predicted octanol–water partition coefficient (Wildman–Crippen LogP) is 2.94. The summed E-state index contributed by atoms with van der Waals surface area (Å²) in [6.45, 7) is 1.24. The Kier molecular flexibility index (Phi) is 4.03. The molecule has 3 heterocycles. The van der Waals surface area contributed by atoms with Crippen molar-refractivity contribution in [2.75, 3.05) is 11.9 Å². The van der Waals surface area contributed by atoms with E-state index in [1.807, 2.05) is 0 Å². The number of carbonyl (C=O) groups excluding carboxylic acids is 1. The maximum absolute atomic E-state index is 13.1. The van der Waals surface area contributed by atoms with E-state index in [0.29, 0.717) is 5.76 Å². The lowest BCUT2D eigenvalue weighted by Gasteiger charge is -2.18. The van der Waals surface area contributed by atoms with Gasteiger partial charge in [0.15, 0.2) is 22.2 Å². The smallest absolute Gasteiger partial charge is 0.458 e. The van der Waals surface area contributed by atoms with Crippen molar-refractivity contribution in [1.82, 2.24) is 9.78 Å². The Morgan fingerprint density at radius 1 is 1.29 bits per heavy atom. The normalized spacial score (nSPS) is 14.5. The molecular formula is C17H12ClF2N3O5. The number of likely N-dealkylation sites (N-methyl/N-ethyl adjacent to an activating group) is 1. The Morgan fingerprint density at radius 2 is 2.00 bits per heavy atom. The fraction of sp³-hybridized carbons (Fsp3) is 0.235. The summed E-state index contributed by atoms with van der Waals surface area (Å²) < 4.78 is 41.2. The standard InChI is InChI=1S/C17H12ClF2N3O5/c1-8-5-10-14(26-8)15(18)21-23(16(10)25)7-13(24)22(2)9-3-4-11-12(6-9)28-17(19,20)27-11/h3-6H,7H2,1-2H3. The monoisotopic (exact) mass is 411 g/mol. The number of hydrogen-bond acceptors (Lipinski definition) is 6. The number of anilines is 1. The highest BCUT2D eigenvalue weighted by Crippen LogP contribution is 2.42. The number of hydrogen-bond donors (Lipinski definition) is 0. The summed E-state index contributed by atoms with van der Waals surface area (Å²) >= 11 is 6.03. The van der Waals surface area contributed by atoms with Gasteiger partial charge >= 0.3 is 6.29 Å². The van der Waals surface area contributed by atoms with Crippen LogP contribution in [-0.2, 0) is 11.3 Å². The zero-order valence-electron chi connectivity index (χ0n) is 14.5. The largest absolute Gasteiger partial charge is 0.586 e. The van der Waals surface area contributed by atoms with E-state index in [9.17, 15) is 18.4 Å².